The number of imidazole rings is 1. The van der Waals surface area contributed by atoms with Crippen LogP contribution < -0.4 is 5.73 Å². The van der Waals surface area contributed by atoms with Crippen LogP contribution in [0.4, 0.5) is 0 Å². The van der Waals surface area contributed by atoms with Gasteiger partial charge in [0.05, 0.1) is 22.9 Å². The molecule has 5 heteroatoms. The lowest BCUT2D eigenvalue weighted by molar-refractivity contribution is 0.0915. The van der Waals surface area contributed by atoms with Gasteiger partial charge in [0.2, 0.25) is 0 Å². The van der Waals surface area contributed by atoms with Crippen molar-refractivity contribution in [3.05, 3.63) is 23.8 Å². The smallest absolute Gasteiger partial charge is 0.166 e. The molecule has 0 saturated carbocycles. The van der Waals surface area contributed by atoms with Gasteiger partial charge in [-0.3, -0.25) is 0 Å². The SMILES string of the molecule is Cc1ccc2nc(SC3COCCC3N)[nH]c2c1. The number of aryl methyl sites for hydroxylation is 1. The summed E-state index contributed by atoms with van der Waals surface area (Å²) in [5, 5.41) is 1.22. The maximum Gasteiger partial charge on any atom is 0.166 e. The van der Waals surface area contributed by atoms with E-state index in [0.717, 1.165) is 29.2 Å². The molecule has 2 heterocycles. The van der Waals surface area contributed by atoms with E-state index in [4.69, 9.17) is 10.5 Å². The summed E-state index contributed by atoms with van der Waals surface area (Å²) in [7, 11) is 0. The van der Waals surface area contributed by atoms with Crippen LogP contribution in [-0.4, -0.2) is 34.5 Å². The minimum absolute atomic E-state index is 0.193. The molecule has 3 rings (SSSR count). The Morgan fingerprint density at radius 1 is 1.50 bits per heavy atom. The van der Waals surface area contributed by atoms with Gasteiger partial charge >= 0.3 is 0 Å². The summed E-state index contributed by atoms with van der Waals surface area (Å²) in [6.07, 6.45) is 0.928. The first-order valence-electron chi connectivity index (χ1n) is 6.19. The number of fused-ring (bicyclic) bond motifs is 1. The molecule has 2 unspecified atom stereocenters. The molecular weight excluding hydrogens is 246 g/mol. The van der Waals surface area contributed by atoms with Crippen LogP contribution in [0.3, 0.4) is 0 Å². The highest BCUT2D eigenvalue weighted by Gasteiger charge is 2.24. The zero-order valence-electron chi connectivity index (χ0n) is 10.3. The number of aromatic nitrogens is 2. The van der Waals surface area contributed by atoms with Crippen LogP contribution in [0, 0.1) is 6.92 Å². The second-order valence-corrected chi connectivity index (χ2v) is 5.97. The third-order valence-corrected chi connectivity index (χ3v) is 4.44. The molecule has 3 N–H and O–H groups in total. The lowest BCUT2D eigenvalue weighted by Gasteiger charge is -2.27. The Kier molecular flexibility index (Phi) is 3.28. The maximum absolute atomic E-state index is 6.10. The number of H-pyrrole nitrogens is 1. The Morgan fingerprint density at radius 2 is 2.39 bits per heavy atom. The summed E-state index contributed by atoms with van der Waals surface area (Å²) in [6.45, 7) is 3.57. The highest BCUT2D eigenvalue weighted by molar-refractivity contribution is 7.99. The molecule has 2 aromatic rings. The topological polar surface area (TPSA) is 63.9 Å². The second kappa shape index (κ2) is 4.91. The molecule has 18 heavy (non-hydrogen) atoms. The Balaban J connectivity index is 1.81. The number of nitrogens with two attached hydrogens (primary N) is 1. The molecule has 1 saturated heterocycles. The minimum Gasteiger partial charge on any atom is -0.380 e. The zero-order valence-corrected chi connectivity index (χ0v) is 11.2. The van der Waals surface area contributed by atoms with E-state index in [9.17, 15) is 0 Å². The van der Waals surface area contributed by atoms with Crippen molar-refractivity contribution in [2.45, 2.75) is 29.8 Å². The van der Waals surface area contributed by atoms with E-state index in [-0.39, 0.29) is 6.04 Å². The first-order valence-corrected chi connectivity index (χ1v) is 7.07. The summed E-state index contributed by atoms with van der Waals surface area (Å²) in [4.78, 5) is 7.92. The normalized spacial score (nSPS) is 24.6. The predicted octanol–water partition coefficient (Wildman–Crippen LogP) is 2.08. The molecule has 2 atom stereocenters. The highest BCUT2D eigenvalue weighted by atomic mass is 32.2. The van der Waals surface area contributed by atoms with E-state index in [1.54, 1.807) is 11.8 Å². The van der Waals surface area contributed by atoms with Crippen LogP contribution in [0.15, 0.2) is 23.4 Å². The van der Waals surface area contributed by atoms with E-state index in [0.29, 0.717) is 11.9 Å². The second-order valence-electron chi connectivity index (χ2n) is 4.75. The van der Waals surface area contributed by atoms with Crippen LogP contribution in [-0.2, 0) is 4.74 Å². The Labute approximate surface area is 110 Å². The number of ether oxygens (including phenoxy) is 1. The van der Waals surface area contributed by atoms with Gasteiger partial charge in [0.15, 0.2) is 5.16 Å². The van der Waals surface area contributed by atoms with Gasteiger partial charge in [-0.05, 0) is 31.0 Å². The van der Waals surface area contributed by atoms with Crippen LogP contribution in [0.5, 0.6) is 0 Å². The van der Waals surface area contributed by atoms with Crippen LogP contribution in [0.1, 0.15) is 12.0 Å². The molecule has 1 aliphatic rings. The number of rotatable bonds is 2. The van der Waals surface area contributed by atoms with Gasteiger partial charge in [0.1, 0.15) is 0 Å². The fraction of sp³-hybridized carbons (Fsp3) is 0.462. The molecule has 1 aliphatic heterocycles. The summed E-state index contributed by atoms with van der Waals surface area (Å²) in [5.74, 6) is 0. The zero-order chi connectivity index (χ0) is 12.5. The molecule has 0 bridgehead atoms. The van der Waals surface area contributed by atoms with Crippen LogP contribution >= 0.6 is 11.8 Å². The summed E-state index contributed by atoms with van der Waals surface area (Å²) >= 11 is 1.69. The molecule has 0 spiro atoms. The molecule has 96 valence electrons. The van der Waals surface area contributed by atoms with E-state index < -0.39 is 0 Å². The van der Waals surface area contributed by atoms with Crippen LogP contribution in [0.25, 0.3) is 11.0 Å². The summed E-state index contributed by atoms with van der Waals surface area (Å²) in [6, 6.07) is 6.43. The van der Waals surface area contributed by atoms with E-state index >= 15 is 0 Å². The molecular formula is C13H17N3OS. The average molecular weight is 263 g/mol. The number of nitrogens with one attached hydrogen (secondary N) is 1. The van der Waals surface area contributed by atoms with Crippen molar-refractivity contribution in [3.8, 4) is 0 Å². The van der Waals surface area contributed by atoms with Crippen molar-refractivity contribution in [1.82, 2.24) is 9.97 Å². The standard InChI is InChI=1S/C13H17N3OS/c1-8-2-3-10-11(6-8)16-13(15-10)18-12-7-17-5-4-9(12)14/h2-3,6,9,12H,4-5,7,14H2,1H3,(H,15,16). The number of hydrogen-bond acceptors (Lipinski definition) is 4. The van der Waals surface area contributed by atoms with E-state index in [1.165, 1.54) is 5.56 Å². The first-order chi connectivity index (χ1) is 8.72. The van der Waals surface area contributed by atoms with Gasteiger partial charge in [0.25, 0.3) is 0 Å². The predicted molar refractivity (Wildman–Crippen MR) is 73.9 cm³/mol. The van der Waals surface area contributed by atoms with Gasteiger partial charge in [-0.25, -0.2) is 4.98 Å². The number of nitrogens with zero attached hydrogens (tertiary/aromatic N) is 1. The Bertz CT molecular complexity index is 554. The monoisotopic (exact) mass is 263 g/mol. The number of aromatic amines is 1. The van der Waals surface area contributed by atoms with Gasteiger partial charge in [-0.1, -0.05) is 17.8 Å². The lowest BCUT2D eigenvalue weighted by atomic mass is 10.1. The number of benzene rings is 1. The van der Waals surface area contributed by atoms with Crippen molar-refractivity contribution in [2.24, 2.45) is 5.73 Å². The first kappa shape index (κ1) is 12.0. The van der Waals surface area contributed by atoms with Crippen molar-refractivity contribution in [1.29, 1.82) is 0 Å². The van der Waals surface area contributed by atoms with Crippen molar-refractivity contribution in [3.63, 3.8) is 0 Å². The third kappa shape index (κ3) is 2.39. The summed E-state index contributed by atoms with van der Waals surface area (Å²) in [5.41, 5.74) is 9.43. The van der Waals surface area contributed by atoms with E-state index in [2.05, 4.69) is 29.0 Å². The largest absolute Gasteiger partial charge is 0.380 e. The number of hydrogen-bond donors (Lipinski definition) is 2. The Hall–Kier alpha value is -1.04. The molecule has 0 radical (unpaired) electrons. The molecule has 0 amide bonds. The maximum atomic E-state index is 6.10. The van der Waals surface area contributed by atoms with Gasteiger partial charge in [-0.15, -0.1) is 0 Å². The quantitative estimate of drug-likeness (QED) is 0.870. The average Bonchev–Trinajstić information content (AvgIpc) is 2.73. The number of thioether (sulfide) groups is 1. The Morgan fingerprint density at radius 3 is 3.22 bits per heavy atom. The molecule has 1 aromatic carbocycles. The summed E-state index contributed by atoms with van der Waals surface area (Å²) < 4.78 is 5.48. The molecule has 1 aromatic heterocycles. The van der Waals surface area contributed by atoms with Gasteiger partial charge in [-0.2, -0.15) is 0 Å². The van der Waals surface area contributed by atoms with Crippen molar-refractivity contribution < 1.29 is 4.74 Å². The fourth-order valence-corrected chi connectivity index (χ4v) is 3.23. The van der Waals surface area contributed by atoms with Crippen molar-refractivity contribution >= 4 is 22.8 Å². The van der Waals surface area contributed by atoms with Gasteiger partial charge < -0.3 is 15.5 Å². The van der Waals surface area contributed by atoms with Crippen LogP contribution in [0.2, 0.25) is 0 Å². The molecule has 4 nitrogen and oxygen atoms in total. The third-order valence-electron chi connectivity index (χ3n) is 3.23. The van der Waals surface area contributed by atoms with E-state index in [1.807, 2.05) is 6.07 Å². The van der Waals surface area contributed by atoms with Crippen molar-refractivity contribution in [2.75, 3.05) is 13.2 Å². The highest BCUT2D eigenvalue weighted by Crippen LogP contribution is 2.28. The fourth-order valence-electron chi connectivity index (χ4n) is 2.15. The molecule has 0 aliphatic carbocycles. The minimum atomic E-state index is 0.193. The lowest BCUT2D eigenvalue weighted by Crippen LogP contribution is -2.40. The van der Waals surface area contributed by atoms with Gasteiger partial charge in [0, 0.05) is 12.6 Å². The molecule has 1 fully saturated rings.